The van der Waals surface area contributed by atoms with E-state index in [1.807, 2.05) is 0 Å². The van der Waals surface area contributed by atoms with Crippen LogP contribution in [0.1, 0.15) is 24.8 Å². The molecule has 0 saturated carbocycles. The van der Waals surface area contributed by atoms with Gasteiger partial charge in [-0.2, -0.15) is 0 Å². The Morgan fingerprint density at radius 2 is 2.47 bits per heavy atom. The van der Waals surface area contributed by atoms with Gasteiger partial charge in [0.15, 0.2) is 11.5 Å². The maximum absolute atomic E-state index is 8.22. The van der Waals surface area contributed by atoms with Gasteiger partial charge in [-0.15, -0.1) is 0 Å². The fourth-order valence-electron chi connectivity index (χ4n) is 1.49. The van der Waals surface area contributed by atoms with Crippen LogP contribution in [0.15, 0.2) is 18.2 Å². The number of hydrogen-bond acceptors (Lipinski definition) is 3. The average molecular weight is 212 g/mol. The van der Waals surface area contributed by atoms with E-state index in [-0.39, 0.29) is 19.8 Å². The summed E-state index contributed by atoms with van der Waals surface area (Å²) in [6, 6.07) is 3.07. The lowest BCUT2D eigenvalue weighted by atomic mass is 10.1. The zero-order valence-corrected chi connectivity index (χ0v) is 8.62. The molecule has 0 amide bonds. The van der Waals surface area contributed by atoms with E-state index in [0.717, 1.165) is 5.31 Å². The minimum Gasteiger partial charge on any atom is -0.454 e. The predicted octanol–water partition coefficient (Wildman–Crippen LogP) is 1.96. The van der Waals surface area contributed by atoms with E-state index in [4.69, 9.17) is 16.4 Å². The smallest absolute Gasteiger partial charge is 0.231 e. The van der Waals surface area contributed by atoms with Crippen molar-refractivity contribution in [3.05, 3.63) is 23.8 Å². The molecule has 82 valence electrons. The first-order valence-electron chi connectivity index (χ1n) is 7.37. The molecule has 0 fully saturated rings. The number of benzene rings is 1. The number of fused-ring (bicyclic) bond motifs is 1. The van der Waals surface area contributed by atoms with Crippen LogP contribution in [-0.4, -0.2) is 19.4 Å². The van der Waals surface area contributed by atoms with Gasteiger partial charge in [0.05, 0.1) is 0 Å². The first-order chi connectivity index (χ1) is 9.28. The molecule has 1 aromatic carbocycles. The largest absolute Gasteiger partial charge is 0.454 e. The van der Waals surface area contributed by atoms with E-state index >= 15 is 0 Å². The summed E-state index contributed by atoms with van der Waals surface area (Å²) in [6.45, 7) is -0.626. The Bertz CT molecular complexity index is 493. The van der Waals surface area contributed by atoms with Gasteiger partial charge in [-0.3, -0.25) is 0 Å². The van der Waals surface area contributed by atoms with E-state index in [1.165, 1.54) is 0 Å². The second-order valence-electron chi connectivity index (χ2n) is 3.29. The molecule has 0 bridgehead atoms. The molecule has 1 atom stereocenters. The SMILES string of the molecule is [2H]N(CC)C([2H])(Cc1ccc2c(c1)OCO2)C([2H])([2H])[2H]. The molecule has 2 rings (SSSR count). The molecule has 0 radical (unpaired) electrons. The Morgan fingerprint density at radius 3 is 3.27 bits per heavy atom. The van der Waals surface area contributed by atoms with Crippen LogP contribution in [0.25, 0.3) is 0 Å². The first-order valence-corrected chi connectivity index (χ1v) is 4.93. The maximum Gasteiger partial charge on any atom is 0.231 e. The van der Waals surface area contributed by atoms with Crippen molar-refractivity contribution in [1.82, 2.24) is 5.31 Å². The molecule has 1 aromatic rings. The summed E-state index contributed by atoms with van der Waals surface area (Å²) in [7, 11) is 0. The third kappa shape index (κ3) is 2.42. The minimum absolute atomic E-state index is 0.0858. The van der Waals surface area contributed by atoms with Crippen LogP contribution in [0.2, 0.25) is 1.41 Å². The molecule has 1 N–H and O–H groups in total. The van der Waals surface area contributed by atoms with Crippen molar-refractivity contribution in [3.63, 3.8) is 0 Å². The van der Waals surface area contributed by atoms with E-state index in [1.54, 1.807) is 25.1 Å². The van der Waals surface area contributed by atoms with E-state index < -0.39 is 12.9 Å². The summed E-state index contributed by atoms with van der Waals surface area (Å²) in [4.78, 5) is 0. The highest BCUT2D eigenvalue weighted by Crippen LogP contribution is 2.32. The van der Waals surface area contributed by atoms with Crippen LogP contribution in [0, 0.1) is 0 Å². The van der Waals surface area contributed by atoms with E-state index in [9.17, 15) is 0 Å². The molecule has 1 aliphatic heterocycles. The van der Waals surface area contributed by atoms with Gasteiger partial charge in [-0.1, -0.05) is 13.0 Å². The van der Waals surface area contributed by atoms with Crippen molar-refractivity contribution in [2.45, 2.75) is 26.2 Å². The lowest BCUT2D eigenvalue weighted by molar-refractivity contribution is 0.174. The van der Waals surface area contributed by atoms with Gasteiger partial charge in [0.2, 0.25) is 6.79 Å². The predicted molar refractivity (Wildman–Crippen MR) is 59.4 cm³/mol. The van der Waals surface area contributed by atoms with Crippen LogP contribution in [0.3, 0.4) is 0 Å². The van der Waals surface area contributed by atoms with Gasteiger partial charge in [0.1, 0.15) is 1.41 Å². The number of rotatable bonds is 4. The highest BCUT2D eigenvalue weighted by atomic mass is 16.7. The summed E-state index contributed by atoms with van der Waals surface area (Å²) >= 11 is 0. The van der Waals surface area contributed by atoms with Crippen molar-refractivity contribution >= 4 is 0 Å². The van der Waals surface area contributed by atoms with Crippen molar-refractivity contribution < 1.29 is 16.4 Å². The van der Waals surface area contributed by atoms with Gasteiger partial charge in [0, 0.05) is 11.5 Å². The monoisotopic (exact) mass is 212 g/mol. The lowest BCUT2D eigenvalue weighted by Gasteiger charge is -2.12. The summed E-state index contributed by atoms with van der Waals surface area (Å²) in [5.41, 5.74) is 0.631. The van der Waals surface area contributed by atoms with Gasteiger partial charge in [0.25, 0.3) is 0 Å². The van der Waals surface area contributed by atoms with Crippen LogP contribution in [-0.2, 0) is 6.42 Å². The Hall–Kier alpha value is -1.22. The molecule has 0 saturated heterocycles. The van der Waals surface area contributed by atoms with Crippen molar-refractivity contribution in [2.75, 3.05) is 13.3 Å². The molecule has 1 aliphatic rings. The fraction of sp³-hybridized carbons (Fsp3) is 0.500. The van der Waals surface area contributed by atoms with Crippen molar-refractivity contribution in [1.29, 1.82) is 0 Å². The number of likely N-dealkylation sites (N-methyl/N-ethyl adjacent to an activating group) is 1. The van der Waals surface area contributed by atoms with Crippen LogP contribution in [0.5, 0.6) is 11.5 Å². The van der Waals surface area contributed by atoms with Crippen molar-refractivity contribution in [3.8, 4) is 11.5 Å². The van der Waals surface area contributed by atoms with Gasteiger partial charge in [-0.25, -0.2) is 0 Å². The van der Waals surface area contributed by atoms with E-state index in [2.05, 4.69) is 0 Å². The second-order valence-corrected chi connectivity index (χ2v) is 3.29. The second kappa shape index (κ2) is 4.53. The molecule has 0 aliphatic carbocycles. The molecule has 0 aromatic heterocycles. The first kappa shape index (κ1) is 5.75. The summed E-state index contributed by atoms with van der Waals surface area (Å²) < 4.78 is 49.1. The zero-order valence-electron chi connectivity index (χ0n) is 13.6. The average Bonchev–Trinajstić information content (AvgIpc) is 2.83. The third-order valence-electron chi connectivity index (χ3n) is 2.16. The topological polar surface area (TPSA) is 30.5 Å². The Kier molecular flexibility index (Phi) is 1.74. The molecule has 3 nitrogen and oxygen atoms in total. The lowest BCUT2D eigenvalue weighted by Crippen LogP contribution is -2.27. The molecule has 1 heterocycles. The van der Waals surface area contributed by atoms with Gasteiger partial charge < -0.3 is 14.8 Å². The number of hydrogen-bond donors (Lipinski definition) is 1. The summed E-state index contributed by atoms with van der Waals surface area (Å²) in [5.74, 6) is 1.15. The van der Waals surface area contributed by atoms with Crippen LogP contribution < -0.4 is 14.8 Å². The highest BCUT2D eigenvalue weighted by molar-refractivity contribution is 5.44. The molecule has 15 heavy (non-hydrogen) atoms. The Morgan fingerprint density at radius 1 is 1.60 bits per heavy atom. The van der Waals surface area contributed by atoms with E-state index in [0.29, 0.717) is 17.1 Å². The van der Waals surface area contributed by atoms with Gasteiger partial charge >= 0.3 is 0 Å². The highest BCUT2D eigenvalue weighted by Gasteiger charge is 2.13. The Labute approximate surface area is 97.5 Å². The number of ether oxygens (including phenoxy) is 2. The molecule has 1 unspecified atom stereocenters. The quantitative estimate of drug-likeness (QED) is 0.827. The Balaban J connectivity index is 2.29. The third-order valence-corrected chi connectivity index (χ3v) is 2.16. The fourth-order valence-corrected chi connectivity index (χ4v) is 1.49. The summed E-state index contributed by atoms with van der Waals surface area (Å²) in [6.07, 6.45) is -0.0858. The zero-order chi connectivity index (χ0) is 15.0. The molecular weight excluding hydrogens is 190 g/mol. The van der Waals surface area contributed by atoms with Crippen molar-refractivity contribution in [2.24, 2.45) is 0 Å². The molecule has 0 spiro atoms. The maximum atomic E-state index is 8.22. The standard InChI is InChI=1S/C12H17NO2/c1-3-13-9(2)6-10-4-5-11-12(7-10)15-8-14-11/h4-5,7,9,13H,3,6,8H2,1-2H3/i2D3,9D/hD. The molecular formula is C12H17NO2. The normalized spacial score (nSPS) is 23.5. The molecule has 3 heteroatoms. The minimum atomic E-state index is -2.58. The number of nitrogens with one attached hydrogen (secondary N) is 1. The summed E-state index contributed by atoms with van der Waals surface area (Å²) in [5, 5.41) is 0.796. The van der Waals surface area contributed by atoms with Crippen LogP contribution in [0.4, 0.5) is 0 Å². The van der Waals surface area contributed by atoms with Gasteiger partial charge in [-0.05, 0) is 37.5 Å². The van der Waals surface area contributed by atoms with Crippen LogP contribution >= 0.6 is 0 Å².